The Hall–Kier alpha value is -3.92. The fourth-order valence-corrected chi connectivity index (χ4v) is 8.76. The van der Waals surface area contributed by atoms with Crippen molar-refractivity contribution >= 4 is 17.7 Å². The first-order valence-corrected chi connectivity index (χ1v) is 18.2. The van der Waals surface area contributed by atoms with Crippen LogP contribution in [0.3, 0.4) is 0 Å². The van der Waals surface area contributed by atoms with Crippen molar-refractivity contribution in [2.75, 3.05) is 38.3 Å². The second-order valence-corrected chi connectivity index (χ2v) is 15.3. The van der Waals surface area contributed by atoms with Crippen LogP contribution in [0.15, 0.2) is 48.9 Å². The third-order valence-electron chi connectivity index (χ3n) is 12.1. The number of nitrogens with zero attached hydrogens (tertiary/aromatic N) is 5. The number of aryl methyl sites for hydroxylation is 1. The zero-order valence-electron chi connectivity index (χ0n) is 29.3. The van der Waals surface area contributed by atoms with Crippen LogP contribution in [-0.2, 0) is 14.9 Å². The van der Waals surface area contributed by atoms with Crippen molar-refractivity contribution in [3.63, 3.8) is 0 Å². The third kappa shape index (κ3) is 6.81. The Labute approximate surface area is 289 Å². The summed E-state index contributed by atoms with van der Waals surface area (Å²) in [6.45, 7) is 5.63. The normalized spacial score (nSPS) is 24.7. The summed E-state index contributed by atoms with van der Waals surface area (Å²) in [4.78, 5) is 34.9. The standard InChI is InChI=1S/C39H51N5O5/c1-27-19-31(9-10-35(27)48-3)39-15-12-38(13-16-39,14-17-39)26-43(36(46)29-7-5-4-6-8-29)32-11-18-40-34(20-32)30-21-41-44(22-30)28(2)25-49-37(47)42-23-33(45)24-42/h9-11,18-22,28-29,33,45H,4-8,12-17,23-26H2,1-3H3. The van der Waals surface area contributed by atoms with Gasteiger partial charge in [-0.1, -0.05) is 31.4 Å². The van der Waals surface area contributed by atoms with Gasteiger partial charge in [0.25, 0.3) is 0 Å². The summed E-state index contributed by atoms with van der Waals surface area (Å²) in [5.74, 6) is 1.28. The average molecular weight is 670 g/mol. The molecule has 10 nitrogen and oxygen atoms in total. The van der Waals surface area contributed by atoms with Crippen LogP contribution in [0, 0.1) is 18.3 Å². The number of aliphatic hydroxyl groups is 1. The number of amides is 2. The monoisotopic (exact) mass is 669 g/mol. The average Bonchev–Trinajstić information content (AvgIpc) is 3.63. The van der Waals surface area contributed by atoms with Gasteiger partial charge in [-0.2, -0.15) is 5.10 Å². The lowest BCUT2D eigenvalue weighted by Crippen LogP contribution is -2.53. The molecule has 1 aliphatic heterocycles. The Morgan fingerprint density at radius 2 is 1.78 bits per heavy atom. The van der Waals surface area contributed by atoms with Gasteiger partial charge in [0.05, 0.1) is 44.2 Å². The number of fused-ring (bicyclic) bond motifs is 3. The van der Waals surface area contributed by atoms with Crippen LogP contribution in [0.2, 0.25) is 0 Å². The largest absolute Gasteiger partial charge is 0.496 e. The molecule has 262 valence electrons. The van der Waals surface area contributed by atoms with E-state index in [-0.39, 0.29) is 35.3 Å². The molecule has 4 aliphatic carbocycles. The van der Waals surface area contributed by atoms with Crippen LogP contribution in [0.1, 0.15) is 94.7 Å². The van der Waals surface area contributed by atoms with Crippen LogP contribution in [-0.4, -0.2) is 76.2 Å². The SMILES string of the molecule is COc1ccc(C23CCC(CN(C(=O)C4CCCCC4)c4ccnc(-c5cnn(C(C)COC(=O)N6CC(O)C6)c5)c4)(CC2)CC3)cc1C. The van der Waals surface area contributed by atoms with Crippen LogP contribution in [0.4, 0.5) is 10.5 Å². The van der Waals surface area contributed by atoms with Gasteiger partial charge in [0.15, 0.2) is 0 Å². The second kappa shape index (κ2) is 13.8. The number of aromatic nitrogens is 3. The number of rotatable bonds is 10. The maximum Gasteiger partial charge on any atom is 0.410 e. The quantitative estimate of drug-likeness (QED) is 0.252. The minimum absolute atomic E-state index is 0.0705. The lowest BCUT2D eigenvalue weighted by atomic mass is 9.51. The second-order valence-electron chi connectivity index (χ2n) is 15.3. The van der Waals surface area contributed by atoms with Crippen molar-refractivity contribution in [3.8, 4) is 17.0 Å². The Morgan fingerprint density at radius 1 is 1.04 bits per heavy atom. The number of carbonyl (C=O) groups is 2. The summed E-state index contributed by atoms with van der Waals surface area (Å²) >= 11 is 0. The number of anilines is 1. The molecule has 1 unspecified atom stereocenters. The zero-order chi connectivity index (χ0) is 34.2. The van der Waals surface area contributed by atoms with Gasteiger partial charge in [-0.25, -0.2) is 4.79 Å². The minimum atomic E-state index is -0.463. The van der Waals surface area contributed by atoms with Gasteiger partial charge in [-0.05, 0) is 105 Å². The molecule has 2 bridgehead atoms. The number of hydrogen-bond acceptors (Lipinski definition) is 7. The molecule has 4 saturated carbocycles. The van der Waals surface area contributed by atoms with Gasteiger partial charge in [0, 0.05) is 36.1 Å². The molecule has 0 spiro atoms. The number of methoxy groups -OCH3 is 1. The van der Waals surface area contributed by atoms with Crippen molar-refractivity contribution in [3.05, 3.63) is 60.0 Å². The van der Waals surface area contributed by atoms with E-state index in [2.05, 4.69) is 41.2 Å². The highest BCUT2D eigenvalue weighted by Gasteiger charge is 2.50. The van der Waals surface area contributed by atoms with E-state index >= 15 is 0 Å². The summed E-state index contributed by atoms with van der Waals surface area (Å²) in [5, 5.41) is 14.0. The maximum atomic E-state index is 14.4. The lowest BCUT2D eigenvalue weighted by Gasteiger charge is -2.55. The Kier molecular flexibility index (Phi) is 9.43. The molecule has 3 aromatic rings. The first kappa shape index (κ1) is 33.6. The number of likely N-dealkylation sites (tertiary alicyclic amines) is 1. The topological polar surface area (TPSA) is 110 Å². The summed E-state index contributed by atoms with van der Waals surface area (Å²) in [6, 6.07) is 10.6. The van der Waals surface area contributed by atoms with E-state index in [0.717, 1.165) is 93.4 Å². The zero-order valence-corrected chi connectivity index (χ0v) is 29.3. The number of ether oxygens (including phenoxy) is 2. The van der Waals surface area contributed by atoms with Crippen molar-refractivity contribution < 1.29 is 24.2 Å². The molecule has 1 saturated heterocycles. The number of benzene rings is 1. The molecule has 8 rings (SSSR count). The molecule has 2 aromatic heterocycles. The predicted molar refractivity (Wildman–Crippen MR) is 188 cm³/mol. The fraction of sp³-hybridized carbons (Fsp3) is 0.590. The van der Waals surface area contributed by atoms with E-state index in [9.17, 15) is 14.7 Å². The number of aliphatic hydroxyl groups excluding tert-OH is 1. The predicted octanol–water partition coefficient (Wildman–Crippen LogP) is 6.84. The molecular weight excluding hydrogens is 618 g/mol. The fourth-order valence-electron chi connectivity index (χ4n) is 8.76. The molecule has 3 heterocycles. The number of β-amino-alcohol motifs (C(OH)–C–C–N with tert-alkyl or cyclic N) is 1. The van der Waals surface area contributed by atoms with Crippen molar-refractivity contribution in [1.29, 1.82) is 0 Å². The van der Waals surface area contributed by atoms with Gasteiger partial charge in [0.1, 0.15) is 12.4 Å². The summed E-state index contributed by atoms with van der Waals surface area (Å²) in [7, 11) is 1.74. The molecule has 1 aromatic carbocycles. The van der Waals surface area contributed by atoms with Gasteiger partial charge in [-0.15, -0.1) is 0 Å². The maximum absolute atomic E-state index is 14.4. The first-order chi connectivity index (χ1) is 23.7. The van der Waals surface area contributed by atoms with Crippen molar-refractivity contribution in [2.45, 2.75) is 102 Å². The number of carbonyl (C=O) groups excluding carboxylic acids is 2. The van der Waals surface area contributed by atoms with Gasteiger partial charge < -0.3 is 24.4 Å². The van der Waals surface area contributed by atoms with Crippen LogP contribution in [0.5, 0.6) is 5.75 Å². The Bertz CT molecular complexity index is 1630. The summed E-state index contributed by atoms with van der Waals surface area (Å²) < 4.78 is 12.8. The molecule has 5 aliphatic rings. The van der Waals surface area contributed by atoms with E-state index < -0.39 is 12.2 Å². The highest BCUT2D eigenvalue weighted by atomic mass is 16.6. The minimum Gasteiger partial charge on any atom is -0.496 e. The van der Waals surface area contributed by atoms with Gasteiger partial charge in [-0.3, -0.25) is 14.5 Å². The third-order valence-corrected chi connectivity index (χ3v) is 12.1. The smallest absolute Gasteiger partial charge is 0.410 e. The van der Waals surface area contributed by atoms with Crippen LogP contribution in [0.25, 0.3) is 11.3 Å². The number of hydrogen-bond donors (Lipinski definition) is 1. The van der Waals surface area contributed by atoms with Gasteiger partial charge >= 0.3 is 6.09 Å². The van der Waals surface area contributed by atoms with E-state index in [1.165, 1.54) is 22.4 Å². The van der Waals surface area contributed by atoms with Crippen LogP contribution >= 0.6 is 0 Å². The highest BCUT2D eigenvalue weighted by Crippen LogP contribution is 2.58. The highest BCUT2D eigenvalue weighted by molar-refractivity contribution is 5.95. The first-order valence-electron chi connectivity index (χ1n) is 18.2. The lowest BCUT2D eigenvalue weighted by molar-refractivity contribution is -0.124. The van der Waals surface area contributed by atoms with Crippen molar-refractivity contribution in [1.82, 2.24) is 19.7 Å². The Balaban J connectivity index is 1.08. The molecule has 10 heteroatoms. The molecule has 49 heavy (non-hydrogen) atoms. The molecule has 5 fully saturated rings. The Morgan fingerprint density at radius 3 is 2.45 bits per heavy atom. The molecule has 0 radical (unpaired) electrons. The molecule has 2 amide bonds. The summed E-state index contributed by atoms with van der Waals surface area (Å²) in [6.07, 6.45) is 16.8. The number of pyridine rings is 1. The van der Waals surface area contributed by atoms with E-state index in [4.69, 9.17) is 14.5 Å². The van der Waals surface area contributed by atoms with Crippen LogP contribution < -0.4 is 9.64 Å². The van der Waals surface area contributed by atoms with E-state index in [1.54, 1.807) is 18.0 Å². The molecule has 1 atom stereocenters. The van der Waals surface area contributed by atoms with Gasteiger partial charge in [0.2, 0.25) is 5.91 Å². The molecular formula is C39H51N5O5. The van der Waals surface area contributed by atoms with E-state index in [0.29, 0.717) is 13.1 Å². The molecule has 1 N–H and O–H groups in total. The van der Waals surface area contributed by atoms with E-state index in [1.807, 2.05) is 25.4 Å². The summed E-state index contributed by atoms with van der Waals surface area (Å²) in [5.41, 5.74) is 5.50. The van der Waals surface area contributed by atoms with Crippen molar-refractivity contribution in [2.24, 2.45) is 11.3 Å².